The van der Waals surface area contributed by atoms with Gasteiger partial charge in [-0.25, -0.2) is 0 Å². The Labute approximate surface area is 143 Å². The Morgan fingerprint density at radius 2 is 1.79 bits per heavy atom. The van der Waals surface area contributed by atoms with Crippen molar-refractivity contribution >= 4 is 25.7 Å². The molecular formula is C18H26O5Si. The number of Topliss-reactive ketones (excluding diaryl/α,β-unsaturated/α-hetero) is 1. The second-order valence-corrected chi connectivity index (χ2v) is 13.0. The third kappa shape index (κ3) is 3.23. The van der Waals surface area contributed by atoms with Crippen LogP contribution in [0.25, 0.3) is 0 Å². The zero-order chi connectivity index (χ0) is 18.5. The lowest BCUT2D eigenvalue weighted by molar-refractivity contribution is -0.139. The predicted molar refractivity (Wildman–Crippen MR) is 93.1 cm³/mol. The maximum absolute atomic E-state index is 12.4. The normalized spacial score (nSPS) is 28.2. The van der Waals surface area contributed by atoms with Crippen molar-refractivity contribution in [1.82, 2.24) is 0 Å². The van der Waals surface area contributed by atoms with Crippen molar-refractivity contribution in [1.29, 1.82) is 0 Å². The fourth-order valence-electron chi connectivity index (χ4n) is 2.83. The monoisotopic (exact) mass is 350 g/mol. The molecule has 0 aromatic rings. The van der Waals surface area contributed by atoms with Gasteiger partial charge in [0.25, 0.3) is 0 Å². The number of hydrogen-bond acceptors (Lipinski definition) is 5. The average Bonchev–Trinajstić information content (AvgIpc) is 2.40. The number of carbonyl (C=O) groups excluding carboxylic acids is 3. The van der Waals surface area contributed by atoms with E-state index >= 15 is 0 Å². The van der Waals surface area contributed by atoms with Gasteiger partial charge in [-0.2, -0.15) is 0 Å². The highest BCUT2D eigenvalue weighted by Gasteiger charge is 2.49. The van der Waals surface area contributed by atoms with Gasteiger partial charge in [0, 0.05) is 24.0 Å². The van der Waals surface area contributed by atoms with Crippen LogP contribution in [-0.2, 0) is 18.8 Å². The first-order valence-electron chi connectivity index (χ1n) is 8.19. The van der Waals surface area contributed by atoms with Crippen LogP contribution in [0.5, 0.6) is 0 Å². The third-order valence-electron chi connectivity index (χ3n) is 5.49. The molecule has 2 aliphatic rings. The molecule has 0 saturated carbocycles. The zero-order valence-electron chi connectivity index (χ0n) is 15.2. The van der Waals surface area contributed by atoms with Gasteiger partial charge in [0.2, 0.25) is 0 Å². The summed E-state index contributed by atoms with van der Waals surface area (Å²) in [6.07, 6.45) is 1.62. The fourth-order valence-corrected chi connectivity index (χ4v) is 4.10. The lowest BCUT2D eigenvalue weighted by Gasteiger charge is -2.44. The molecule has 0 radical (unpaired) electrons. The molecular weight excluding hydrogens is 324 g/mol. The van der Waals surface area contributed by atoms with E-state index in [1.807, 2.05) is 13.1 Å². The highest BCUT2D eigenvalue weighted by Crippen LogP contribution is 2.43. The van der Waals surface area contributed by atoms with Gasteiger partial charge in [-0.1, -0.05) is 20.8 Å². The number of hydrogen-bond donors (Lipinski definition) is 1. The van der Waals surface area contributed by atoms with E-state index in [1.54, 1.807) is 0 Å². The van der Waals surface area contributed by atoms with Crippen molar-refractivity contribution < 1.29 is 23.9 Å². The molecule has 0 amide bonds. The topological polar surface area (TPSA) is 80.7 Å². The Balaban J connectivity index is 2.51. The first-order chi connectivity index (χ1) is 10.8. The van der Waals surface area contributed by atoms with Gasteiger partial charge >= 0.3 is 0 Å². The highest BCUT2D eigenvalue weighted by atomic mass is 28.4. The molecule has 5 nitrogen and oxygen atoms in total. The van der Waals surface area contributed by atoms with Crippen LogP contribution < -0.4 is 0 Å². The second-order valence-electron chi connectivity index (χ2n) is 8.29. The maximum Gasteiger partial charge on any atom is 0.192 e. The van der Waals surface area contributed by atoms with E-state index in [2.05, 4.69) is 20.8 Å². The molecule has 132 valence electrons. The van der Waals surface area contributed by atoms with Crippen LogP contribution in [-0.4, -0.2) is 42.5 Å². The Kier molecular flexibility index (Phi) is 4.63. The molecule has 0 aromatic heterocycles. The summed E-state index contributed by atoms with van der Waals surface area (Å²) < 4.78 is 6.34. The number of carbonyl (C=O) groups is 3. The summed E-state index contributed by atoms with van der Waals surface area (Å²) in [6.45, 7) is 11.6. The van der Waals surface area contributed by atoms with Crippen molar-refractivity contribution in [3.8, 4) is 0 Å². The third-order valence-corrected chi connectivity index (χ3v) is 9.97. The number of aliphatic hydroxyl groups is 1. The van der Waals surface area contributed by atoms with Crippen LogP contribution in [0.3, 0.4) is 0 Å². The van der Waals surface area contributed by atoms with Crippen LogP contribution in [0.2, 0.25) is 18.1 Å². The van der Waals surface area contributed by atoms with E-state index in [-0.39, 0.29) is 35.0 Å². The molecule has 0 saturated heterocycles. The first-order valence-corrected chi connectivity index (χ1v) is 11.1. The molecule has 1 N–H and O–H groups in total. The summed E-state index contributed by atoms with van der Waals surface area (Å²) in [5, 5.41) is 10.6. The lowest BCUT2D eigenvalue weighted by Crippen LogP contribution is -2.52. The van der Waals surface area contributed by atoms with Crippen LogP contribution in [0.4, 0.5) is 0 Å². The van der Waals surface area contributed by atoms with Crippen LogP contribution in [0, 0.1) is 0 Å². The Morgan fingerprint density at radius 1 is 1.25 bits per heavy atom. The minimum Gasteiger partial charge on any atom is -0.410 e. The molecule has 0 aromatic carbocycles. The van der Waals surface area contributed by atoms with E-state index in [0.29, 0.717) is 5.57 Å². The largest absolute Gasteiger partial charge is 0.410 e. The summed E-state index contributed by atoms with van der Waals surface area (Å²) in [5.41, 5.74) is -1.12. The molecule has 24 heavy (non-hydrogen) atoms. The second kappa shape index (κ2) is 5.86. The van der Waals surface area contributed by atoms with Crippen LogP contribution in [0.1, 0.15) is 40.5 Å². The van der Waals surface area contributed by atoms with Gasteiger partial charge in [-0.05, 0) is 37.2 Å². The molecule has 0 fully saturated rings. The maximum atomic E-state index is 12.4. The van der Waals surface area contributed by atoms with Crippen molar-refractivity contribution in [2.24, 2.45) is 0 Å². The smallest absolute Gasteiger partial charge is 0.192 e. The fraction of sp³-hybridized carbons (Fsp3) is 0.611. The molecule has 2 rings (SSSR count). The molecule has 0 bridgehead atoms. The molecule has 2 aliphatic carbocycles. The van der Waals surface area contributed by atoms with Crippen LogP contribution in [0.15, 0.2) is 23.3 Å². The average molecular weight is 350 g/mol. The summed E-state index contributed by atoms with van der Waals surface area (Å²) in [6, 6.07) is 0. The molecule has 0 unspecified atom stereocenters. The molecule has 0 aliphatic heterocycles. The summed E-state index contributed by atoms with van der Waals surface area (Å²) in [5.74, 6) is -1.00. The van der Waals surface area contributed by atoms with Crippen molar-refractivity contribution in [2.75, 3.05) is 0 Å². The minimum atomic E-state index is -2.26. The predicted octanol–water partition coefficient (Wildman–Crippen LogP) is 2.50. The van der Waals surface area contributed by atoms with Gasteiger partial charge in [-0.3, -0.25) is 14.4 Å². The Hall–Kier alpha value is -1.37. The number of allylic oxidation sites excluding steroid dienone is 2. The zero-order valence-corrected chi connectivity index (χ0v) is 16.2. The molecule has 6 heteroatoms. The van der Waals surface area contributed by atoms with E-state index in [9.17, 15) is 19.5 Å². The van der Waals surface area contributed by atoms with Crippen molar-refractivity contribution in [2.45, 2.75) is 70.4 Å². The Bertz CT molecular complexity index is 665. The standard InChI is InChI=1S/C18H26O5Si/c1-11(19)18(22)9-12-13(20)7-8-14(21)16(12)15(10-18)23-24(5,6)17(2,3)4/h7-8,15,22H,9-10H2,1-6H3/t15-,18+/m1/s1. The number of ketones is 3. The van der Waals surface area contributed by atoms with E-state index in [4.69, 9.17) is 4.43 Å². The number of rotatable bonds is 3. The van der Waals surface area contributed by atoms with Crippen molar-refractivity contribution in [3.05, 3.63) is 23.3 Å². The summed E-state index contributed by atoms with van der Waals surface area (Å²) in [7, 11) is -2.26. The van der Waals surface area contributed by atoms with E-state index in [1.165, 1.54) is 19.1 Å². The quantitative estimate of drug-likeness (QED) is 0.625. The van der Waals surface area contributed by atoms with Crippen LogP contribution >= 0.6 is 0 Å². The van der Waals surface area contributed by atoms with Crippen molar-refractivity contribution in [3.63, 3.8) is 0 Å². The van der Waals surface area contributed by atoms with Gasteiger partial charge in [0.1, 0.15) is 5.60 Å². The summed E-state index contributed by atoms with van der Waals surface area (Å²) in [4.78, 5) is 36.6. The SMILES string of the molecule is CC(=O)[C@]1(O)CC2=C(C(=O)C=CC2=O)[C@H](O[Si](C)(C)C(C)(C)C)C1. The van der Waals surface area contributed by atoms with Gasteiger partial charge in [0.05, 0.1) is 6.10 Å². The molecule has 2 atom stereocenters. The van der Waals surface area contributed by atoms with Gasteiger partial charge in [0.15, 0.2) is 25.7 Å². The first kappa shape index (κ1) is 19.0. The highest BCUT2D eigenvalue weighted by molar-refractivity contribution is 6.74. The summed E-state index contributed by atoms with van der Waals surface area (Å²) >= 11 is 0. The Morgan fingerprint density at radius 3 is 2.29 bits per heavy atom. The lowest BCUT2D eigenvalue weighted by atomic mass is 9.73. The molecule has 0 spiro atoms. The molecule has 0 heterocycles. The van der Waals surface area contributed by atoms with Gasteiger partial charge in [-0.15, -0.1) is 0 Å². The van der Waals surface area contributed by atoms with Gasteiger partial charge < -0.3 is 9.53 Å². The minimum absolute atomic E-state index is 0.0144. The van der Waals surface area contributed by atoms with E-state index in [0.717, 1.165) is 0 Å². The van der Waals surface area contributed by atoms with E-state index < -0.39 is 25.8 Å².